The van der Waals surface area contributed by atoms with E-state index in [0.29, 0.717) is 50.4 Å². The van der Waals surface area contributed by atoms with Crippen LogP contribution < -0.4 is 5.73 Å². The first-order chi connectivity index (χ1) is 33.3. The van der Waals surface area contributed by atoms with Gasteiger partial charge in [0.25, 0.3) is 0 Å². The molecular formula is C47H75N11O12S3. The number of Topliss-reactive ketones (excluding diaryl/α,β-unsaturated/α-hetero) is 2. The third-order valence-corrected chi connectivity index (χ3v) is 11.0. The second-order valence-corrected chi connectivity index (χ2v) is 24.6. The number of carbonyl (C=O) groups is 6. The van der Waals surface area contributed by atoms with Gasteiger partial charge >= 0.3 is 24.4 Å². The number of carbonyl (C=O) groups excluding carboxylic acids is 6. The van der Waals surface area contributed by atoms with Crippen LogP contribution in [-0.2, 0) is 64.6 Å². The summed E-state index contributed by atoms with van der Waals surface area (Å²) in [5, 5.41) is 7.17. The number of amides is 4. The maximum atomic E-state index is 11.9. The molecule has 4 aliphatic rings. The standard InChI is InChI=1S/C12H17N3O4S.C12H17N3O2S.C12H20N2O3.C9H15NO3.C2H6N2S/c1-12(2,3)19-11(16)15-6-8-5-13-10(20(4,17)18)14-9(8)7-15;1-12(2,3)17-11(16)15-6-8-5-13-10(18-4)14-9(8)7-15;1-12(2,3)17-11(16)14-7-9(6-13(4)5)10(15)8-14;1-9(2,3)13-8(12)10-5-4-7(11)6-10;1-5-2(3)4/h5H,6-7H2,1-4H3;5H,6-7H2,1-4H3;6H,7-8H2,1-5H3;4-6H2,1-3H3;1H3,(H3,3,4)/b;;9-6+;;. The van der Waals surface area contributed by atoms with Crippen molar-refractivity contribution in [2.24, 2.45) is 5.73 Å². The van der Waals surface area contributed by atoms with E-state index in [1.165, 1.54) is 44.4 Å². The first-order valence-electron chi connectivity index (χ1n) is 22.9. The van der Waals surface area contributed by atoms with Crippen LogP contribution >= 0.6 is 23.5 Å². The van der Waals surface area contributed by atoms with Crippen LogP contribution in [0.25, 0.3) is 0 Å². The Labute approximate surface area is 438 Å². The van der Waals surface area contributed by atoms with Crippen LogP contribution in [0.3, 0.4) is 0 Å². The van der Waals surface area contributed by atoms with Gasteiger partial charge in [-0.2, -0.15) is 0 Å². The minimum Gasteiger partial charge on any atom is -0.444 e. The molecular weight excluding hydrogens is 1010 g/mol. The van der Waals surface area contributed by atoms with Crippen molar-refractivity contribution in [2.45, 2.75) is 148 Å². The van der Waals surface area contributed by atoms with Crippen molar-refractivity contribution < 1.29 is 56.1 Å². The molecule has 408 valence electrons. The Morgan fingerprint density at radius 2 is 1.05 bits per heavy atom. The van der Waals surface area contributed by atoms with Crippen LogP contribution in [0, 0.1) is 5.41 Å². The average molecular weight is 1080 g/mol. The van der Waals surface area contributed by atoms with Crippen molar-refractivity contribution in [1.82, 2.24) is 44.4 Å². The summed E-state index contributed by atoms with van der Waals surface area (Å²) >= 11 is 2.74. The summed E-state index contributed by atoms with van der Waals surface area (Å²) in [5.74, 6) is 0.0791. The second-order valence-electron chi connectivity index (χ2n) is 21.0. The van der Waals surface area contributed by atoms with Gasteiger partial charge < -0.3 is 34.5 Å². The number of amidine groups is 1. The van der Waals surface area contributed by atoms with Gasteiger partial charge in [-0.3, -0.25) is 29.7 Å². The molecule has 73 heavy (non-hydrogen) atoms. The van der Waals surface area contributed by atoms with E-state index >= 15 is 0 Å². The van der Waals surface area contributed by atoms with Crippen molar-refractivity contribution in [3.05, 3.63) is 46.7 Å². The first kappa shape index (κ1) is 63.4. The number of nitrogens with two attached hydrogens (primary N) is 1. The van der Waals surface area contributed by atoms with Crippen molar-refractivity contribution in [2.75, 3.05) is 59.0 Å². The highest BCUT2D eigenvalue weighted by Crippen LogP contribution is 2.26. The summed E-state index contributed by atoms with van der Waals surface area (Å²) in [6, 6.07) is 0. The highest BCUT2D eigenvalue weighted by molar-refractivity contribution is 8.13. The largest absolute Gasteiger partial charge is 0.444 e. The van der Waals surface area contributed by atoms with E-state index in [0.717, 1.165) is 28.2 Å². The van der Waals surface area contributed by atoms with E-state index in [4.69, 9.17) is 30.1 Å². The summed E-state index contributed by atoms with van der Waals surface area (Å²) in [7, 11) is 0.239. The van der Waals surface area contributed by atoms with Crippen LogP contribution in [0.15, 0.2) is 34.5 Å². The predicted molar refractivity (Wildman–Crippen MR) is 277 cm³/mol. The van der Waals surface area contributed by atoms with Gasteiger partial charge in [-0.15, -0.1) is 0 Å². The van der Waals surface area contributed by atoms with Gasteiger partial charge in [0, 0.05) is 68.6 Å². The third-order valence-electron chi connectivity index (χ3n) is 9.10. The van der Waals surface area contributed by atoms with Crippen molar-refractivity contribution in [3.63, 3.8) is 0 Å². The molecule has 3 N–H and O–H groups in total. The molecule has 4 aliphatic heterocycles. The van der Waals surface area contributed by atoms with Gasteiger partial charge in [-0.25, -0.2) is 47.5 Å². The van der Waals surface area contributed by atoms with Crippen molar-refractivity contribution in [1.29, 1.82) is 5.41 Å². The fraction of sp³-hybridized carbons (Fsp3) is 0.638. The molecule has 0 unspecified atom stereocenters. The number of hydrogen-bond donors (Lipinski definition) is 2. The number of likely N-dealkylation sites (tertiary alicyclic amines) is 2. The summed E-state index contributed by atoms with van der Waals surface area (Å²) in [6.07, 6.45) is 8.61. The number of aromatic nitrogens is 4. The predicted octanol–water partition coefficient (Wildman–Crippen LogP) is 6.27. The normalized spacial score (nSPS) is 15.8. The highest BCUT2D eigenvalue weighted by Gasteiger charge is 2.34. The number of ether oxygens (including phenoxy) is 4. The Hall–Kier alpha value is -5.76. The van der Waals surface area contributed by atoms with Crippen LogP contribution in [0.4, 0.5) is 19.2 Å². The van der Waals surface area contributed by atoms with Crippen LogP contribution in [0.1, 0.15) is 112 Å². The number of sulfone groups is 1. The van der Waals surface area contributed by atoms with E-state index in [2.05, 4.69) is 19.9 Å². The number of nitrogens with zero attached hydrogens (tertiary/aromatic N) is 9. The molecule has 0 saturated carbocycles. The lowest BCUT2D eigenvalue weighted by atomic mass is 10.2. The summed E-state index contributed by atoms with van der Waals surface area (Å²) in [6.45, 7) is 24.5. The number of fused-ring (bicyclic) bond motifs is 2. The van der Waals surface area contributed by atoms with Gasteiger partial charge in [-0.05, 0) is 95.6 Å². The second kappa shape index (κ2) is 26.5. The SMILES string of the molecule is CC(C)(C)OC(=O)N1CCC(=O)C1.CC(C)(C)OC(=O)N1Cc2cnc(S(C)(=O)=O)nc2C1.CN(C)/C=C1\CN(C(=O)OC(C)(C)C)CC1=O.CSC(=N)N.CSc1ncc2c(n1)CN(C(=O)OC(C)(C)C)C2. The minimum absolute atomic E-state index is 0.0236. The van der Waals surface area contributed by atoms with Gasteiger partial charge in [0.15, 0.2) is 21.9 Å². The first-order valence-corrected chi connectivity index (χ1v) is 27.3. The lowest BCUT2D eigenvalue weighted by Gasteiger charge is -2.23. The fourth-order valence-corrected chi connectivity index (χ4v) is 6.96. The Kier molecular flexibility index (Phi) is 23.0. The topological polar surface area (TPSA) is 291 Å². The molecule has 2 fully saturated rings. The molecule has 0 bridgehead atoms. The van der Waals surface area contributed by atoms with Crippen LogP contribution in [-0.4, -0.2) is 175 Å². The van der Waals surface area contributed by atoms with Crippen molar-refractivity contribution >= 4 is 74.5 Å². The summed E-state index contributed by atoms with van der Waals surface area (Å²) in [5.41, 5.74) is 6.62. The average Bonchev–Trinajstić information content (AvgIpc) is 4.04. The van der Waals surface area contributed by atoms with E-state index < -0.39 is 50.5 Å². The molecule has 0 aromatic carbocycles. The zero-order valence-corrected chi connectivity index (χ0v) is 47.8. The quantitative estimate of drug-likeness (QED) is 0.0854. The number of ketones is 2. The monoisotopic (exact) mass is 1080 g/mol. The Bertz CT molecular complexity index is 2460. The minimum atomic E-state index is -3.45. The van der Waals surface area contributed by atoms with E-state index in [9.17, 15) is 37.2 Å². The van der Waals surface area contributed by atoms with Crippen LogP contribution in [0.2, 0.25) is 0 Å². The Morgan fingerprint density at radius 1 is 0.658 bits per heavy atom. The number of thioether (sulfide) groups is 2. The maximum Gasteiger partial charge on any atom is 0.411 e. The third kappa shape index (κ3) is 23.8. The van der Waals surface area contributed by atoms with Crippen molar-refractivity contribution in [3.8, 4) is 0 Å². The zero-order valence-electron chi connectivity index (χ0n) is 45.3. The number of hydrogen-bond acceptors (Lipinski definition) is 20. The summed E-state index contributed by atoms with van der Waals surface area (Å²) < 4.78 is 43.7. The molecule has 4 amide bonds. The molecule has 23 nitrogen and oxygen atoms in total. The lowest BCUT2D eigenvalue weighted by Crippen LogP contribution is -2.35. The number of nitrogens with one attached hydrogen (secondary N) is 1. The van der Waals surface area contributed by atoms with Gasteiger partial charge in [0.05, 0.1) is 57.2 Å². The van der Waals surface area contributed by atoms with E-state index in [-0.39, 0.29) is 47.6 Å². The molecule has 2 aromatic rings. The lowest BCUT2D eigenvalue weighted by molar-refractivity contribution is -0.117. The molecule has 0 spiro atoms. The van der Waals surface area contributed by atoms with Gasteiger partial charge in [-0.1, -0.05) is 23.5 Å². The molecule has 0 aliphatic carbocycles. The molecule has 6 rings (SSSR count). The molecule has 0 atom stereocenters. The molecule has 26 heteroatoms. The number of rotatable bonds is 3. The zero-order chi connectivity index (χ0) is 56.0. The molecule has 2 aromatic heterocycles. The van der Waals surface area contributed by atoms with E-state index in [1.807, 2.05) is 61.9 Å². The van der Waals surface area contributed by atoms with Gasteiger partial charge in [0.1, 0.15) is 22.4 Å². The molecule has 0 radical (unpaired) electrons. The highest BCUT2D eigenvalue weighted by atomic mass is 32.2. The molecule has 2 saturated heterocycles. The fourth-order valence-electron chi connectivity index (χ4n) is 6.08. The Morgan fingerprint density at radius 3 is 1.41 bits per heavy atom. The van der Waals surface area contributed by atoms with Gasteiger partial charge in [0.2, 0.25) is 15.0 Å². The summed E-state index contributed by atoms with van der Waals surface area (Å²) in [4.78, 5) is 93.7. The smallest absolute Gasteiger partial charge is 0.411 e. The molecule has 6 heterocycles. The van der Waals surface area contributed by atoms with Crippen LogP contribution in [0.5, 0.6) is 0 Å². The Balaban J connectivity index is 0.000000326. The van der Waals surface area contributed by atoms with E-state index in [1.54, 1.807) is 70.0 Å². The maximum absolute atomic E-state index is 11.9.